The molecule has 168 valence electrons. The first-order valence-corrected chi connectivity index (χ1v) is 11.1. The molecule has 4 rings (SSSR count). The fourth-order valence-corrected chi connectivity index (χ4v) is 4.28. The van der Waals surface area contributed by atoms with Gasteiger partial charge in [-0.05, 0) is 44.0 Å². The van der Waals surface area contributed by atoms with Crippen LogP contribution in [-0.2, 0) is 11.3 Å². The van der Waals surface area contributed by atoms with Crippen molar-refractivity contribution in [2.24, 2.45) is 0 Å². The molecule has 1 fully saturated rings. The third-order valence-corrected chi connectivity index (χ3v) is 6.25. The Bertz CT molecular complexity index is 1140. The number of aromatic amines is 1. The van der Waals surface area contributed by atoms with Gasteiger partial charge in [0.2, 0.25) is 5.91 Å². The fraction of sp³-hybridized carbons (Fsp3) is 0.417. The summed E-state index contributed by atoms with van der Waals surface area (Å²) >= 11 is 0. The molecule has 1 atom stereocenters. The van der Waals surface area contributed by atoms with E-state index in [2.05, 4.69) is 15.3 Å². The number of carbonyl (C=O) groups excluding carboxylic acids is 2. The average Bonchev–Trinajstić information content (AvgIpc) is 3.25. The molecule has 2 aromatic heterocycles. The second kappa shape index (κ2) is 9.38. The second-order valence-electron chi connectivity index (χ2n) is 8.49. The second-order valence-corrected chi connectivity index (χ2v) is 8.49. The van der Waals surface area contributed by atoms with Crippen LogP contribution < -0.4 is 10.9 Å². The molecular formula is C24H29N5O3. The molecule has 0 bridgehead atoms. The zero-order valence-corrected chi connectivity index (χ0v) is 18.5. The predicted octanol–water partition coefficient (Wildman–Crippen LogP) is 3.01. The number of H-pyrrole nitrogens is 1. The molecular weight excluding hydrogens is 406 g/mol. The Morgan fingerprint density at radius 1 is 1.19 bits per heavy atom. The number of rotatable bonds is 6. The fourth-order valence-electron chi connectivity index (χ4n) is 4.28. The third-order valence-electron chi connectivity index (χ3n) is 6.25. The largest absolute Gasteiger partial charge is 0.342 e. The molecule has 1 saturated carbocycles. The van der Waals surface area contributed by atoms with Gasteiger partial charge in [0.1, 0.15) is 17.9 Å². The normalized spacial score (nSPS) is 15.4. The molecule has 0 spiro atoms. The molecule has 0 aliphatic heterocycles. The first-order chi connectivity index (χ1) is 15.4. The van der Waals surface area contributed by atoms with Gasteiger partial charge in [-0.25, -0.2) is 4.98 Å². The molecule has 0 saturated heterocycles. The van der Waals surface area contributed by atoms with E-state index in [1.807, 2.05) is 24.3 Å². The average molecular weight is 436 g/mol. The molecule has 2 N–H and O–H groups in total. The van der Waals surface area contributed by atoms with Crippen molar-refractivity contribution in [3.63, 3.8) is 0 Å². The molecule has 0 radical (unpaired) electrons. The van der Waals surface area contributed by atoms with Crippen molar-refractivity contribution in [2.75, 3.05) is 7.05 Å². The summed E-state index contributed by atoms with van der Waals surface area (Å²) in [5, 5.41) is 2.83. The first-order valence-electron chi connectivity index (χ1n) is 11.1. The number of hydrogen-bond acceptors (Lipinski definition) is 4. The quantitative estimate of drug-likeness (QED) is 0.622. The molecule has 3 aromatic rings. The van der Waals surface area contributed by atoms with Crippen LogP contribution in [-0.4, -0.2) is 44.3 Å². The summed E-state index contributed by atoms with van der Waals surface area (Å²) in [5.74, 6) is -0.00215. The zero-order chi connectivity index (χ0) is 22.7. The van der Waals surface area contributed by atoms with Crippen LogP contribution >= 0.6 is 0 Å². The SMILES string of the molecule is C[C@H](NC(=O)c1cccn(CC(=O)N(C)C2CCCCC2)c1=O)c1nc2ccccc2[nH]1. The molecule has 32 heavy (non-hydrogen) atoms. The maximum absolute atomic E-state index is 12.9. The number of carbonyl (C=O) groups is 2. The minimum Gasteiger partial charge on any atom is -0.342 e. The van der Waals surface area contributed by atoms with Gasteiger partial charge in [-0.3, -0.25) is 14.4 Å². The molecule has 1 aliphatic carbocycles. The standard InChI is InChI=1S/C24H29N5O3/c1-16(22-26-19-12-6-7-13-20(19)27-22)25-23(31)18-11-8-14-29(24(18)32)15-21(30)28(2)17-9-4-3-5-10-17/h6-8,11-14,16-17H,3-5,9-10,15H2,1-2H3,(H,25,31)(H,26,27)/t16-/m0/s1. The Hall–Kier alpha value is -3.42. The van der Waals surface area contributed by atoms with Crippen LogP contribution in [0.25, 0.3) is 11.0 Å². The highest BCUT2D eigenvalue weighted by molar-refractivity contribution is 5.94. The van der Waals surface area contributed by atoms with E-state index in [1.165, 1.54) is 17.1 Å². The van der Waals surface area contributed by atoms with Crippen LogP contribution in [0.3, 0.4) is 0 Å². The number of amides is 2. The molecule has 8 heteroatoms. The van der Waals surface area contributed by atoms with E-state index in [-0.39, 0.29) is 24.1 Å². The van der Waals surface area contributed by atoms with Crippen LogP contribution in [0.2, 0.25) is 0 Å². The number of para-hydroxylation sites is 2. The lowest BCUT2D eigenvalue weighted by Crippen LogP contribution is -2.42. The molecule has 2 amide bonds. The van der Waals surface area contributed by atoms with Gasteiger partial charge in [-0.15, -0.1) is 0 Å². The summed E-state index contributed by atoms with van der Waals surface area (Å²) in [6, 6.07) is 10.5. The van der Waals surface area contributed by atoms with Crippen LogP contribution in [0, 0.1) is 0 Å². The van der Waals surface area contributed by atoms with Crippen molar-refractivity contribution in [3.8, 4) is 0 Å². The van der Waals surface area contributed by atoms with Gasteiger partial charge in [0.25, 0.3) is 11.5 Å². The number of imidazole rings is 1. The Balaban J connectivity index is 1.45. The smallest absolute Gasteiger partial charge is 0.263 e. The molecule has 2 heterocycles. The minimum atomic E-state index is -0.495. The molecule has 0 unspecified atom stereocenters. The topological polar surface area (TPSA) is 100 Å². The number of likely N-dealkylation sites (N-methyl/N-ethyl adjacent to an activating group) is 1. The number of nitrogens with zero attached hydrogens (tertiary/aromatic N) is 3. The Labute approximate surface area is 186 Å². The number of benzene rings is 1. The summed E-state index contributed by atoms with van der Waals surface area (Å²) in [7, 11) is 1.80. The Kier molecular flexibility index (Phi) is 6.39. The van der Waals surface area contributed by atoms with Crippen molar-refractivity contribution >= 4 is 22.8 Å². The summed E-state index contributed by atoms with van der Waals surface area (Å²) in [5.41, 5.74) is 1.22. The van der Waals surface area contributed by atoms with E-state index >= 15 is 0 Å². The van der Waals surface area contributed by atoms with Crippen molar-refractivity contribution in [3.05, 3.63) is 64.3 Å². The number of hydrogen-bond donors (Lipinski definition) is 2. The van der Waals surface area contributed by atoms with Crippen LogP contribution in [0.5, 0.6) is 0 Å². The number of pyridine rings is 1. The van der Waals surface area contributed by atoms with Crippen molar-refractivity contribution in [1.82, 2.24) is 24.8 Å². The molecule has 1 aliphatic rings. The maximum atomic E-state index is 12.9. The van der Waals surface area contributed by atoms with Gasteiger partial charge < -0.3 is 19.8 Å². The van der Waals surface area contributed by atoms with Crippen molar-refractivity contribution in [2.45, 2.75) is 57.7 Å². The molecule has 1 aromatic carbocycles. The van der Waals surface area contributed by atoms with Gasteiger partial charge in [0.15, 0.2) is 0 Å². The van der Waals surface area contributed by atoms with Crippen molar-refractivity contribution in [1.29, 1.82) is 0 Å². The predicted molar refractivity (Wildman–Crippen MR) is 122 cm³/mol. The minimum absolute atomic E-state index is 0.00332. The Morgan fingerprint density at radius 2 is 1.94 bits per heavy atom. The van der Waals surface area contributed by atoms with E-state index < -0.39 is 17.5 Å². The van der Waals surface area contributed by atoms with Gasteiger partial charge >= 0.3 is 0 Å². The summed E-state index contributed by atoms with van der Waals surface area (Å²) in [4.78, 5) is 47.9. The zero-order valence-electron chi connectivity index (χ0n) is 18.5. The molecule has 8 nitrogen and oxygen atoms in total. The number of nitrogens with one attached hydrogen (secondary N) is 2. The highest BCUT2D eigenvalue weighted by Crippen LogP contribution is 2.21. The highest BCUT2D eigenvalue weighted by atomic mass is 16.2. The van der Waals surface area contributed by atoms with E-state index in [9.17, 15) is 14.4 Å². The maximum Gasteiger partial charge on any atom is 0.263 e. The van der Waals surface area contributed by atoms with E-state index in [1.54, 1.807) is 31.1 Å². The summed E-state index contributed by atoms with van der Waals surface area (Å²) in [6.45, 7) is 1.73. The summed E-state index contributed by atoms with van der Waals surface area (Å²) < 4.78 is 1.31. The lowest BCUT2D eigenvalue weighted by molar-refractivity contribution is -0.133. The lowest BCUT2D eigenvalue weighted by Gasteiger charge is -2.31. The van der Waals surface area contributed by atoms with Gasteiger partial charge in [0, 0.05) is 19.3 Å². The number of aromatic nitrogens is 3. The summed E-state index contributed by atoms with van der Waals surface area (Å²) in [6.07, 6.45) is 7.01. The Morgan fingerprint density at radius 3 is 2.69 bits per heavy atom. The van der Waals surface area contributed by atoms with E-state index in [0.29, 0.717) is 5.82 Å². The van der Waals surface area contributed by atoms with E-state index in [4.69, 9.17) is 0 Å². The van der Waals surface area contributed by atoms with Crippen LogP contribution in [0.1, 0.15) is 61.3 Å². The number of fused-ring (bicyclic) bond motifs is 1. The van der Waals surface area contributed by atoms with Gasteiger partial charge in [0.05, 0.1) is 17.1 Å². The highest BCUT2D eigenvalue weighted by Gasteiger charge is 2.23. The third kappa shape index (κ3) is 4.59. The lowest BCUT2D eigenvalue weighted by atomic mass is 9.94. The van der Waals surface area contributed by atoms with Crippen LogP contribution in [0.15, 0.2) is 47.4 Å². The first kappa shape index (κ1) is 21.8. The van der Waals surface area contributed by atoms with Crippen LogP contribution in [0.4, 0.5) is 0 Å². The van der Waals surface area contributed by atoms with Gasteiger partial charge in [-0.2, -0.15) is 0 Å². The van der Waals surface area contributed by atoms with E-state index in [0.717, 1.165) is 36.7 Å². The van der Waals surface area contributed by atoms with Crippen molar-refractivity contribution < 1.29 is 9.59 Å². The monoisotopic (exact) mass is 435 g/mol. The van der Waals surface area contributed by atoms with Gasteiger partial charge in [-0.1, -0.05) is 31.4 Å².